The van der Waals surface area contributed by atoms with Crippen LogP contribution in [0.5, 0.6) is 0 Å². The number of nitrogens with zero attached hydrogens (tertiary/aromatic N) is 5. The van der Waals surface area contributed by atoms with Gasteiger partial charge in [-0.15, -0.1) is 0 Å². The summed E-state index contributed by atoms with van der Waals surface area (Å²) in [5, 5.41) is 0. The van der Waals surface area contributed by atoms with Crippen LogP contribution in [0.15, 0.2) is 41.7 Å². The number of amides is 1. The van der Waals surface area contributed by atoms with E-state index >= 15 is 0 Å². The van der Waals surface area contributed by atoms with E-state index in [0.29, 0.717) is 23.9 Å². The second-order valence-corrected chi connectivity index (χ2v) is 7.77. The van der Waals surface area contributed by atoms with Gasteiger partial charge in [0.25, 0.3) is 5.56 Å². The molecule has 0 atom stereocenters. The van der Waals surface area contributed by atoms with Crippen LogP contribution in [-0.4, -0.2) is 63.0 Å². The molecule has 0 aromatic carbocycles. The molecular formula is C21H27N5O2. The van der Waals surface area contributed by atoms with Crippen LogP contribution < -0.4 is 5.56 Å². The maximum absolute atomic E-state index is 12.5. The molecule has 2 fully saturated rings. The van der Waals surface area contributed by atoms with Gasteiger partial charge in [-0.2, -0.15) is 0 Å². The van der Waals surface area contributed by atoms with Crippen LogP contribution in [0.2, 0.25) is 0 Å². The lowest BCUT2D eigenvalue weighted by atomic mass is 9.96. The predicted molar refractivity (Wildman–Crippen MR) is 107 cm³/mol. The van der Waals surface area contributed by atoms with Crippen molar-refractivity contribution in [2.75, 3.05) is 32.7 Å². The lowest BCUT2D eigenvalue weighted by Gasteiger charge is -2.33. The van der Waals surface area contributed by atoms with Gasteiger partial charge in [0, 0.05) is 56.6 Å². The fourth-order valence-corrected chi connectivity index (χ4v) is 4.12. The molecule has 0 spiro atoms. The molecule has 28 heavy (non-hydrogen) atoms. The highest BCUT2D eigenvalue weighted by molar-refractivity contribution is 5.78. The van der Waals surface area contributed by atoms with Crippen LogP contribution in [-0.2, 0) is 11.3 Å². The molecule has 148 valence electrons. The van der Waals surface area contributed by atoms with Crippen molar-refractivity contribution in [1.29, 1.82) is 0 Å². The third-order valence-electron chi connectivity index (χ3n) is 5.88. The summed E-state index contributed by atoms with van der Waals surface area (Å²) in [7, 11) is 0. The molecular weight excluding hydrogens is 354 g/mol. The number of piperidine rings is 1. The first-order valence-corrected chi connectivity index (χ1v) is 10.2. The van der Waals surface area contributed by atoms with Gasteiger partial charge in [-0.25, -0.2) is 4.98 Å². The first kappa shape index (κ1) is 18.8. The number of rotatable bonds is 6. The highest BCUT2D eigenvalue weighted by Gasteiger charge is 2.23. The Balaban J connectivity index is 1.28. The van der Waals surface area contributed by atoms with E-state index in [9.17, 15) is 9.59 Å². The van der Waals surface area contributed by atoms with E-state index in [4.69, 9.17) is 0 Å². The number of carbonyl (C=O) groups is 1. The van der Waals surface area contributed by atoms with E-state index < -0.39 is 0 Å². The molecule has 2 aromatic heterocycles. The summed E-state index contributed by atoms with van der Waals surface area (Å²) in [5.41, 5.74) is 1.59. The molecule has 0 unspecified atom stereocenters. The molecule has 7 nitrogen and oxygen atoms in total. The van der Waals surface area contributed by atoms with Crippen LogP contribution in [0.3, 0.4) is 0 Å². The summed E-state index contributed by atoms with van der Waals surface area (Å²) in [6.45, 7) is 5.51. The van der Waals surface area contributed by atoms with E-state index in [0.717, 1.165) is 64.1 Å². The molecule has 2 aliphatic heterocycles. The number of carbonyl (C=O) groups excluding carboxylic acids is 1. The van der Waals surface area contributed by atoms with Gasteiger partial charge in [0.15, 0.2) is 0 Å². The van der Waals surface area contributed by atoms with E-state index in [1.807, 2.05) is 17.0 Å². The van der Waals surface area contributed by atoms with Crippen LogP contribution in [0, 0.1) is 5.92 Å². The first-order valence-electron chi connectivity index (χ1n) is 10.2. The van der Waals surface area contributed by atoms with Gasteiger partial charge in [0.2, 0.25) is 5.91 Å². The smallest absolute Gasteiger partial charge is 0.253 e. The minimum absolute atomic E-state index is 0.00297. The topological polar surface area (TPSA) is 71.3 Å². The molecule has 0 radical (unpaired) electrons. The van der Waals surface area contributed by atoms with Crippen molar-refractivity contribution >= 4 is 5.91 Å². The van der Waals surface area contributed by atoms with E-state index in [2.05, 4.69) is 14.9 Å². The number of hydrogen-bond acceptors (Lipinski definition) is 5. The lowest BCUT2D eigenvalue weighted by Crippen LogP contribution is -2.41. The van der Waals surface area contributed by atoms with Crippen LogP contribution in [0.25, 0.3) is 11.3 Å². The quantitative estimate of drug-likeness (QED) is 0.761. The average molecular weight is 381 g/mol. The Morgan fingerprint density at radius 3 is 2.50 bits per heavy atom. The number of likely N-dealkylation sites (tertiary alicyclic amines) is 2. The zero-order chi connectivity index (χ0) is 19.3. The summed E-state index contributed by atoms with van der Waals surface area (Å²) < 4.78 is 1.73. The summed E-state index contributed by atoms with van der Waals surface area (Å²) >= 11 is 0. The summed E-state index contributed by atoms with van der Waals surface area (Å²) in [5.74, 6) is 0.799. The minimum Gasteiger partial charge on any atom is -0.341 e. The van der Waals surface area contributed by atoms with Crippen molar-refractivity contribution in [2.45, 2.75) is 32.2 Å². The van der Waals surface area contributed by atoms with Gasteiger partial charge < -0.3 is 9.80 Å². The molecule has 4 rings (SSSR count). The summed E-state index contributed by atoms with van der Waals surface area (Å²) in [6.07, 6.45) is 8.95. The Hall–Kier alpha value is -2.54. The molecule has 0 saturated carbocycles. The number of hydrogen-bond donors (Lipinski definition) is 0. The standard InChI is InChI=1S/C21H27N5O2/c27-20-2-1-9-25(20)13-12-24-10-5-17(6-11-24)15-26-16-23-19(14-21(26)28)18-3-7-22-8-4-18/h3-4,7-8,14,16-17H,1-2,5-6,9-13,15H2. The molecule has 2 aromatic rings. The minimum atomic E-state index is -0.00297. The van der Waals surface area contributed by atoms with Crippen molar-refractivity contribution in [1.82, 2.24) is 24.3 Å². The fourth-order valence-electron chi connectivity index (χ4n) is 4.12. The molecule has 0 bridgehead atoms. The van der Waals surface area contributed by atoms with Gasteiger partial charge in [-0.1, -0.05) is 0 Å². The largest absolute Gasteiger partial charge is 0.341 e. The van der Waals surface area contributed by atoms with E-state index in [1.165, 1.54) is 0 Å². The predicted octanol–water partition coefficient (Wildman–Crippen LogP) is 1.64. The normalized spacial score (nSPS) is 18.7. The Morgan fingerprint density at radius 2 is 1.82 bits per heavy atom. The average Bonchev–Trinajstić information content (AvgIpc) is 3.14. The van der Waals surface area contributed by atoms with E-state index in [-0.39, 0.29) is 5.56 Å². The molecule has 7 heteroatoms. The van der Waals surface area contributed by atoms with E-state index in [1.54, 1.807) is 29.4 Å². The van der Waals surface area contributed by atoms with Crippen molar-refractivity contribution in [3.63, 3.8) is 0 Å². The van der Waals surface area contributed by atoms with Crippen molar-refractivity contribution in [2.24, 2.45) is 5.92 Å². The van der Waals surface area contributed by atoms with Crippen molar-refractivity contribution in [3.8, 4) is 11.3 Å². The highest BCUT2D eigenvalue weighted by Crippen LogP contribution is 2.19. The van der Waals surface area contributed by atoms with Crippen molar-refractivity contribution in [3.05, 3.63) is 47.3 Å². The second-order valence-electron chi connectivity index (χ2n) is 7.77. The van der Waals surface area contributed by atoms with Gasteiger partial charge in [0.1, 0.15) is 0 Å². The maximum Gasteiger partial charge on any atom is 0.253 e. The Kier molecular flexibility index (Phi) is 5.81. The Morgan fingerprint density at radius 1 is 1.04 bits per heavy atom. The lowest BCUT2D eigenvalue weighted by molar-refractivity contribution is -0.127. The molecule has 2 saturated heterocycles. The summed E-state index contributed by atoms with van der Waals surface area (Å²) in [6, 6.07) is 5.33. The van der Waals surface area contributed by atoms with Crippen LogP contribution in [0.1, 0.15) is 25.7 Å². The third-order valence-corrected chi connectivity index (χ3v) is 5.88. The van der Waals surface area contributed by atoms with Gasteiger partial charge in [-0.3, -0.25) is 19.1 Å². The molecule has 1 amide bonds. The third kappa shape index (κ3) is 4.47. The summed E-state index contributed by atoms with van der Waals surface area (Å²) in [4.78, 5) is 37.1. The monoisotopic (exact) mass is 381 g/mol. The zero-order valence-electron chi connectivity index (χ0n) is 16.2. The molecule has 4 heterocycles. The van der Waals surface area contributed by atoms with Gasteiger partial charge in [-0.05, 0) is 50.4 Å². The number of pyridine rings is 1. The molecule has 0 N–H and O–H groups in total. The van der Waals surface area contributed by atoms with Crippen molar-refractivity contribution < 1.29 is 4.79 Å². The second kappa shape index (κ2) is 8.65. The Bertz CT molecular complexity index is 859. The fraction of sp³-hybridized carbons (Fsp3) is 0.524. The SMILES string of the molecule is O=C1CCCN1CCN1CCC(Cn2cnc(-c3ccncc3)cc2=O)CC1. The maximum atomic E-state index is 12.5. The molecule has 2 aliphatic rings. The first-order chi connectivity index (χ1) is 13.7. The van der Waals surface area contributed by atoms with Crippen LogP contribution >= 0.6 is 0 Å². The number of aromatic nitrogens is 3. The van der Waals surface area contributed by atoms with Crippen LogP contribution in [0.4, 0.5) is 0 Å². The highest BCUT2D eigenvalue weighted by atomic mass is 16.2. The van der Waals surface area contributed by atoms with Gasteiger partial charge >= 0.3 is 0 Å². The van der Waals surface area contributed by atoms with Gasteiger partial charge in [0.05, 0.1) is 12.0 Å². The Labute approximate surface area is 165 Å². The molecule has 0 aliphatic carbocycles. The zero-order valence-corrected chi connectivity index (χ0v) is 16.2.